The molecule has 1 heterocycles. The van der Waals surface area contributed by atoms with Crippen LogP contribution in [0.3, 0.4) is 0 Å². The number of nitro groups is 1. The summed E-state index contributed by atoms with van der Waals surface area (Å²) in [6, 6.07) is 4.93. The van der Waals surface area contributed by atoms with E-state index in [1.807, 2.05) is 6.92 Å². The summed E-state index contributed by atoms with van der Waals surface area (Å²) < 4.78 is 5.37. The Morgan fingerprint density at radius 2 is 2.33 bits per heavy atom. The van der Waals surface area contributed by atoms with Crippen LogP contribution in [0.5, 0.6) is 0 Å². The monoisotopic (exact) mass is 252 g/mol. The van der Waals surface area contributed by atoms with Gasteiger partial charge in [0.05, 0.1) is 4.92 Å². The van der Waals surface area contributed by atoms with Crippen molar-refractivity contribution in [2.24, 2.45) is 0 Å². The van der Waals surface area contributed by atoms with Gasteiger partial charge in [-0.1, -0.05) is 6.07 Å². The molecule has 1 aromatic carbocycles. The molecular formula is C12H16N2O4. The Balaban J connectivity index is 2.01. The van der Waals surface area contributed by atoms with Gasteiger partial charge >= 0.3 is 0 Å². The highest BCUT2D eigenvalue weighted by atomic mass is 16.8. The van der Waals surface area contributed by atoms with Gasteiger partial charge in [-0.3, -0.25) is 15.6 Å². The van der Waals surface area contributed by atoms with E-state index in [1.165, 1.54) is 6.07 Å². The first-order valence-electron chi connectivity index (χ1n) is 5.95. The number of anilines is 1. The normalized spacial score (nSPS) is 19.5. The van der Waals surface area contributed by atoms with E-state index < -0.39 is 4.92 Å². The number of hydrogen-bond acceptors (Lipinski definition) is 5. The Hall–Kier alpha value is -1.66. The summed E-state index contributed by atoms with van der Waals surface area (Å²) in [5.74, 6) is 0. The summed E-state index contributed by atoms with van der Waals surface area (Å²) in [5, 5.41) is 10.9. The molecule has 1 aliphatic heterocycles. The predicted molar refractivity (Wildman–Crippen MR) is 66.1 cm³/mol. The van der Waals surface area contributed by atoms with Crippen LogP contribution in [-0.4, -0.2) is 17.8 Å². The topological polar surface area (TPSA) is 73.6 Å². The number of nitrogens with zero attached hydrogens (tertiary/aromatic N) is 1. The molecule has 0 aromatic heterocycles. The largest absolute Gasteiger partial charge is 0.350 e. The fourth-order valence-electron chi connectivity index (χ4n) is 1.81. The minimum absolute atomic E-state index is 0.00538. The van der Waals surface area contributed by atoms with E-state index in [9.17, 15) is 10.1 Å². The van der Waals surface area contributed by atoms with Crippen LogP contribution in [0.1, 0.15) is 24.8 Å². The van der Waals surface area contributed by atoms with Crippen molar-refractivity contribution >= 4 is 11.4 Å². The van der Waals surface area contributed by atoms with Gasteiger partial charge in [-0.15, -0.1) is 0 Å². The second-order valence-electron chi connectivity index (χ2n) is 4.29. The number of benzene rings is 1. The van der Waals surface area contributed by atoms with Gasteiger partial charge in [0, 0.05) is 19.1 Å². The van der Waals surface area contributed by atoms with Gasteiger partial charge in [-0.2, -0.15) is 0 Å². The molecule has 0 spiro atoms. The second-order valence-corrected chi connectivity index (χ2v) is 4.29. The molecule has 6 nitrogen and oxygen atoms in total. The van der Waals surface area contributed by atoms with Crippen molar-refractivity contribution in [1.29, 1.82) is 0 Å². The lowest BCUT2D eigenvalue weighted by Crippen LogP contribution is -2.24. The fraction of sp³-hybridized carbons (Fsp3) is 0.500. The molecule has 0 radical (unpaired) electrons. The van der Waals surface area contributed by atoms with Gasteiger partial charge in [0.1, 0.15) is 5.69 Å². The molecule has 1 fully saturated rings. The standard InChI is InChI=1S/C12H16N2O4/c1-9-5-6-10(11(8-9)14(15)16)13-18-12-4-2-3-7-17-12/h5-6,8,12-13H,2-4,7H2,1H3. The lowest BCUT2D eigenvalue weighted by atomic mass is 10.2. The third-order valence-electron chi connectivity index (χ3n) is 2.79. The highest BCUT2D eigenvalue weighted by Crippen LogP contribution is 2.26. The minimum atomic E-state index is -0.430. The molecule has 0 amide bonds. The number of aryl methyl sites for hydroxylation is 1. The van der Waals surface area contributed by atoms with Gasteiger partial charge in [0.2, 0.25) is 0 Å². The fourth-order valence-corrected chi connectivity index (χ4v) is 1.81. The van der Waals surface area contributed by atoms with Crippen LogP contribution in [0.2, 0.25) is 0 Å². The number of hydrogen-bond donors (Lipinski definition) is 1. The molecule has 6 heteroatoms. The Labute approximate surface area is 105 Å². The summed E-state index contributed by atoms with van der Waals surface area (Å²) in [6.07, 6.45) is 2.54. The van der Waals surface area contributed by atoms with Crippen LogP contribution in [-0.2, 0) is 9.57 Å². The van der Waals surface area contributed by atoms with E-state index in [0.29, 0.717) is 12.3 Å². The van der Waals surface area contributed by atoms with E-state index in [-0.39, 0.29) is 12.0 Å². The van der Waals surface area contributed by atoms with Crippen molar-refractivity contribution < 1.29 is 14.5 Å². The molecule has 0 saturated carbocycles. The van der Waals surface area contributed by atoms with E-state index >= 15 is 0 Å². The molecule has 1 unspecified atom stereocenters. The molecule has 1 atom stereocenters. The SMILES string of the molecule is Cc1ccc(NOC2CCCCO2)c([N+](=O)[O-])c1. The second kappa shape index (κ2) is 5.79. The van der Waals surface area contributed by atoms with Crippen LogP contribution in [0.4, 0.5) is 11.4 Å². The van der Waals surface area contributed by atoms with Crippen LogP contribution in [0, 0.1) is 17.0 Å². The van der Waals surface area contributed by atoms with Crippen molar-refractivity contribution in [1.82, 2.24) is 0 Å². The van der Waals surface area contributed by atoms with Crippen molar-refractivity contribution in [3.63, 3.8) is 0 Å². The van der Waals surface area contributed by atoms with Gasteiger partial charge in [-0.25, -0.2) is 4.84 Å². The molecule has 1 aromatic rings. The summed E-state index contributed by atoms with van der Waals surface area (Å²) in [5.41, 5.74) is 3.81. The third-order valence-corrected chi connectivity index (χ3v) is 2.79. The number of rotatable bonds is 4. The summed E-state index contributed by atoms with van der Waals surface area (Å²) in [6.45, 7) is 2.48. The van der Waals surface area contributed by atoms with Gasteiger partial charge in [0.25, 0.3) is 5.69 Å². The number of nitro benzene ring substituents is 1. The maximum Gasteiger partial charge on any atom is 0.294 e. The highest BCUT2D eigenvalue weighted by molar-refractivity contribution is 5.61. The minimum Gasteiger partial charge on any atom is -0.350 e. The quantitative estimate of drug-likeness (QED) is 0.658. The van der Waals surface area contributed by atoms with Crippen molar-refractivity contribution in [3.8, 4) is 0 Å². The zero-order valence-corrected chi connectivity index (χ0v) is 10.2. The van der Waals surface area contributed by atoms with Crippen molar-refractivity contribution in [3.05, 3.63) is 33.9 Å². The van der Waals surface area contributed by atoms with Gasteiger partial charge in [-0.05, 0) is 31.4 Å². The molecule has 18 heavy (non-hydrogen) atoms. The van der Waals surface area contributed by atoms with E-state index in [4.69, 9.17) is 9.57 Å². The van der Waals surface area contributed by atoms with E-state index in [2.05, 4.69) is 5.48 Å². The molecule has 2 rings (SSSR count). The third kappa shape index (κ3) is 3.18. The zero-order valence-electron chi connectivity index (χ0n) is 10.2. The lowest BCUT2D eigenvalue weighted by Gasteiger charge is -2.22. The first kappa shape index (κ1) is 12.8. The first-order valence-corrected chi connectivity index (χ1v) is 5.95. The Morgan fingerprint density at radius 3 is 3.00 bits per heavy atom. The summed E-state index contributed by atoms with van der Waals surface area (Å²) in [4.78, 5) is 15.8. The molecule has 1 N–H and O–H groups in total. The smallest absolute Gasteiger partial charge is 0.294 e. The van der Waals surface area contributed by atoms with E-state index in [1.54, 1.807) is 12.1 Å². The predicted octanol–water partition coefficient (Wildman–Crippen LogP) is 2.77. The zero-order chi connectivity index (χ0) is 13.0. The van der Waals surface area contributed by atoms with Crippen molar-refractivity contribution in [2.75, 3.05) is 12.1 Å². The average Bonchev–Trinajstić information content (AvgIpc) is 2.38. The first-order chi connectivity index (χ1) is 8.66. The van der Waals surface area contributed by atoms with Crippen LogP contribution in [0.25, 0.3) is 0 Å². The molecular weight excluding hydrogens is 236 g/mol. The Bertz CT molecular complexity index is 430. The van der Waals surface area contributed by atoms with Crippen LogP contribution in [0.15, 0.2) is 18.2 Å². The molecule has 1 saturated heterocycles. The van der Waals surface area contributed by atoms with Gasteiger partial charge < -0.3 is 4.74 Å². The van der Waals surface area contributed by atoms with Gasteiger partial charge in [0.15, 0.2) is 6.29 Å². The number of nitrogens with one attached hydrogen (secondary N) is 1. The maximum atomic E-state index is 10.9. The molecule has 0 aliphatic carbocycles. The van der Waals surface area contributed by atoms with Crippen molar-refractivity contribution in [2.45, 2.75) is 32.5 Å². The van der Waals surface area contributed by atoms with E-state index in [0.717, 1.165) is 24.8 Å². The molecule has 98 valence electrons. The molecule has 1 aliphatic rings. The van der Waals surface area contributed by atoms with Crippen LogP contribution >= 0.6 is 0 Å². The molecule has 0 bridgehead atoms. The average molecular weight is 252 g/mol. The lowest BCUT2D eigenvalue weighted by molar-refractivity contribution is -0.384. The highest BCUT2D eigenvalue weighted by Gasteiger charge is 2.18. The Kier molecular flexibility index (Phi) is 4.11. The summed E-state index contributed by atoms with van der Waals surface area (Å²) >= 11 is 0. The number of ether oxygens (including phenoxy) is 1. The maximum absolute atomic E-state index is 10.9. The summed E-state index contributed by atoms with van der Waals surface area (Å²) in [7, 11) is 0. The Morgan fingerprint density at radius 1 is 1.50 bits per heavy atom. The van der Waals surface area contributed by atoms with Crippen LogP contribution < -0.4 is 5.48 Å².